The van der Waals surface area contributed by atoms with Gasteiger partial charge in [0.1, 0.15) is 5.82 Å². The third-order valence-corrected chi connectivity index (χ3v) is 3.84. The van der Waals surface area contributed by atoms with Gasteiger partial charge in [0.25, 0.3) is 5.91 Å². The van der Waals surface area contributed by atoms with Gasteiger partial charge in [0.2, 0.25) is 0 Å². The molecule has 0 saturated heterocycles. The van der Waals surface area contributed by atoms with Crippen molar-refractivity contribution in [3.63, 3.8) is 0 Å². The largest absolute Gasteiger partial charge is 0.320 e. The fourth-order valence-electron chi connectivity index (χ4n) is 1.72. The molecule has 2 nitrogen and oxygen atoms in total. The van der Waals surface area contributed by atoms with Crippen molar-refractivity contribution in [1.29, 1.82) is 0 Å². The summed E-state index contributed by atoms with van der Waals surface area (Å²) in [7, 11) is 0. The lowest BCUT2D eigenvalue weighted by Crippen LogP contribution is -2.14. The third-order valence-electron chi connectivity index (χ3n) is 2.68. The maximum atomic E-state index is 13.1. The van der Waals surface area contributed by atoms with Crippen LogP contribution in [0.3, 0.4) is 0 Å². The van der Waals surface area contributed by atoms with Crippen LogP contribution in [0.2, 0.25) is 10.0 Å². The molecule has 2 aromatic rings. The molecule has 1 amide bonds. The van der Waals surface area contributed by atoms with Crippen LogP contribution in [-0.4, -0.2) is 5.91 Å². The van der Waals surface area contributed by atoms with Crippen LogP contribution in [0, 0.1) is 12.7 Å². The number of amides is 1. The Kier molecular flexibility index (Phi) is 4.68. The molecule has 0 fully saturated rings. The minimum Gasteiger partial charge on any atom is -0.320 e. The second kappa shape index (κ2) is 6.12. The molecular weight excluding hydrogens is 368 g/mol. The van der Waals surface area contributed by atoms with Crippen molar-refractivity contribution in [2.75, 3.05) is 5.32 Å². The minimum atomic E-state index is -0.484. The van der Waals surface area contributed by atoms with Crippen LogP contribution in [-0.2, 0) is 0 Å². The molecule has 0 aliphatic rings. The molecule has 0 aliphatic heterocycles. The van der Waals surface area contributed by atoms with Gasteiger partial charge in [0.15, 0.2) is 0 Å². The lowest BCUT2D eigenvalue weighted by Gasteiger charge is -2.11. The highest BCUT2D eigenvalue weighted by Crippen LogP contribution is 2.32. The highest BCUT2D eigenvalue weighted by Gasteiger charge is 2.14. The van der Waals surface area contributed by atoms with E-state index < -0.39 is 5.82 Å². The molecule has 0 radical (unpaired) electrons. The van der Waals surface area contributed by atoms with Crippen LogP contribution in [0.1, 0.15) is 15.9 Å². The van der Waals surface area contributed by atoms with E-state index in [1.165, 1.54) is 6.07 Å². The molecule has 2 aromatic carbocycles. The molecular formula is C14H9BrCl2FNO. The number of hydrogen-bond acceptors (Lipinski definition) is 1. The summed E-state index contributed by atoms with van der Waals surface area (Å²) >= 11 is 14.9. The van der Waals surface area contributed by atoms with Crippen molar-refractivity contribution in [2.45, 2.75) is 6.92 Å². The van der Waals surface area contributed by atoms with Gasteiger partial charge in [-0.25, -0.2) is 4.39 Å². The fourth-order valence-corrected chi connectivity index (χ4v) is 2.85. The Morgan fingerprint density at radius 3 is 2.55 bits per heavy atom. The number of carbonyl (C=O) groups is 1. The number of carbonyl (C=O) groups excluding carboxylic acids is 1. The maximum Gasteiger partial charge on any atom is 0.256 e. The van der Waals surface area contributed by atoms with Gasteiger partial charge in [0.05, 0.1) is 10.7 Å². The summed E-state index contributed by atoms with van der Waals surface area (Å²) in [6.45, 7) is 1.78. The van der Waals surface area contributed by atoms with Gasteiger partial charge in [-0.2, -0.15) is 0 Å². The van der Waals surface area contributed by atoms with E-state index in [9.17, 15) is 9.18 Å². The topological polar surface area (TPSA) is 29.1 Å². The van der Waals surface area contributed by atoms with E-state index in [0.717, 1.165) is 11.6 Å². The zero-order chi connectivity index (χ0) is 14.9. The first-order chi connectivity index (χ1) is 9.38. The van der Waals surface area contributed by atoms with Gasteiger partial charge >= 0.3 is 0 Å². The van der Waals surface area contributed by atoms with E-state index in [2.05, 4.69) is 21.2 Å². The fraction of sp³-hybridized carbons (Fsp3) is 0.0714. The average molecular weight is 377 g/mol. The smallest absolute Gasteiger partial charge is 0.256 e. The second-order valence-electron chi connectivity index (χ2n) is 4.16. The molecule has 0 unspecified atom stereocenters. The van der Waals surface area contributed by atoms with Crippen LogP contribution in [0.15, 0.2) is 34.8 Å². The van der Waals surface area contributed by atoms with Gasteiger partial charge in [0, 0.05) is 15.1 Å². The first-order valence-electron chi connectivity index (χ1n) is 5.60. The number of halogens is 4. The molecule has 2 rings (SSSR count). The summed E-state index contributed by atoms with van der Waals surface area (Å²) in [6, 6.07) is 7.31. The monoisotopic (exact) mass is 375 g/mol. The van der Waals surface area contributed by atoms with E-state index in [4.69, 9.17) is 23.2 Å². The lowest BCUT2D eigenvalue weighted by atomic mass is 10.1. The molecule has 0 bridgehead atoms. The summed E-state index contributed by atoms with van der Waals surface area (Å²) in [5.74, 6) is -0.823. The van der Waals surface area contributed by atoms with Crippen LogP contribution in [0.4, 0.5) is 10.1 Å². The molecule has 0 saturated carbocycles. The predicted molar refractivity (Wildman–Crippen MR) is 83.3 cm³/mol. The van der Waals surface area contributed by atoms with E-state index in [1.807, 2.05) is 0 Å². The number of benzene rings is 2. The zero-order valence-electron chi connectivity index (χ0n) is 10.3. The Bertz CT molecular complexity index is 668. The van der Waals surface area contributed by atoms with E-state index in [1.54, 1.807) is 25.1 Å². The summed E-state index contributed by atoms with van der Waals surface area (Å²) in [5.41, 5.74) is 1.54. The van der Waals surface area contributed by atoms with Crippen molar-refractivity contribution in [3.05, 3.63) is 61.8 Å². The molecule has 0 aliphatic carbocycles. The number of anilines is 1. The van der Waals surface area contributed by atoms with Gasteiger partial charge in [-0.3, -0.25) is 4.79 Å². The Morgan fingerprint density at radius 2 is 1.95 bits per heavy atom. The molecule has 6 heteroatoms. The Morgan fingerprint density at radius 1 is 1.25 bits per heavy atom. The van der Waals surface area contributed by atoms with Crippen LogP contribution in [0.5, 0.6) is 0 Å². The summed E-state index contributed by atoms with van der Waals surface area (Å²) < 4.78 is 13.5. The number of rotatable bonds is 2. The van der Waals surface area contributed by atoms with Crippen molar-refractivity contribution in [3.8, 4) is 0 Å². The number of hydrogen-bond donors (Lipinski definition) is 1. The molecule has 0 spiro atoms. The van der Waals surface area contributed by atoms with E-state index in [0.29, 0.717) is 20.7 Å². The first-order valence-corrected chi connectivity index (χ1v) is 7.15. The minimum absolute atomic E-state index is 0.122. The standard InChI is InChI=1S/C14H9BrCl2FNO/c1-7-4-8(16)2-3-10(7)14(20)19-13-11(15)5-9(18)6-12(13)17/h2-6H,1H3,(H,19,20). The van der Waals surface area contributed by atoms with Crippen molar-refractivity contribution < 1.29 is 9.18 Å². The number of nitrogens with one attached hydrogen (secondary N) is 1. The SMILES string of the molecule is Cc1cc(Cl)ccc1C(=O)Nc1c(Cl)cc(F)cc1Br. The van der Waals surface area contributed by atoms with Gasteiger partial charge in [-0.05, 0) is 58.7 Å². The third kappa shape index (κ3) is 3.32. The molecule has 0 aromatic heterocycles. The second-order valence-corrected chi connectivity index (χ2v) is 5.86. The van der Waals surface area contributed by atoms with E-state index in [-0.39, 0.29) is 10.9 Å². The molecule has 104 valence electrons. The van der Waals surface area contributed by atoms with Gasteiger partial charge in [-0.15, -0.1) is 0 Å². The normalized spacial score (nSPS) is 10.4. The molecule has 1 N–H and O–H groups in total. The van der Waals surface area contributed by atoms with Crippen LogP contribution in [0.25, 0.3) is 0 Å². The number of aryl methyl sites for hydroxylation is 1. The zero-order valence-corrected chi connectivity index (χ0v) is 13.4. The van der Waals surface area contributed by atoms with Crippen molar-refractivity contribution >= 4 is 50.7 Å². The van der Waals surface area contributed by atoms with Gasteiger partial charge in [-0.1, -0.05) is 23.2 Å². The highest BCUT2D eigenvalue weighted by molar-refractivity contribution is 9.10. The van der Waals surface area contributed by atoms with Gasteiger partial charge < -0.3 is 5.32 Å². The molecule has 20 heavy (non-hydrogen) atoms. The van der Waals surface area contributed by atoms with Crippen LogP contribution < -0.4 is 5.32 Å². The lowest BCUT2D eigenvalue weighted by molar-refractivity contribution is 0.102. The molecule has 0 heterocycles. The summed E-state index contributed by atoms with van der Waals surface area (Å²) in [5, 5.41) is 3.33. The first kappa shape index (κ1) is 15.3. The summed E-state index contributed by atoms with van der Waals surface area (Å²) in [6.07, 6.45) is 0. The summed E-state index contributed by atoms with van der Waals surface area (Å²) in [4.78, 5) is 12.2. The Balaban J connectivity index is 2.33. The van der Waals surface area contributed by atoms with Crippen LogP contribution >= 0.6 is 39.1 Å². The predicted octanol–water partition coefficient (Wildman–Crippen LogP) is 5.46. The highest BCUT2D eigenvalue weighted by atomic mass is 79.9. The van der Waals surface area contributed by atoms with Crippen molar-refractivity contribution in [2.24, 2.45) is 0 Å². The maximum absolute atomic E-state index is 13.1. The van der Waals surface area contributed by atoms with Crippen molar-refractivity contribution in [1.82, 2.24) is 0 Å². The van der Waals surface area contributed by atoms with E-state index >= 15 is 0 Å². The molecule has 0 atom stereocenters. The Labute approximate surface area is 134 Å². The Hall–Kier alpha value is -1.10. The average Bonchev–Trinajstić information content (AvgIpc) is 2.33. The quantitative estimate of drug-likeness (QED) is 0.741.